The first-order valence-electron chi connectivity index (χ1n) is 5.82. The molecule has 0 aliphatic carbocycles. The third kappa shape index (κ3) is 4.74. The predicted molar refractivity (Wildman–Crippen MR) is 82.0 cm³/mol. The lowest BCUT2D eigenvalue weighted by atomic mass is 10.1. The Morgan fingerprint density at radius 2 is 2.00 bits per heavy atom. The minimum Gasteiger partial charge on any atom is -0.493 e. The number of methoxy groups -OCH3 is 2. The molecule has 0 unspecified atom stereocenters. The number of rotatable bonds is 6. The zero-order valence-electron chi connectivity index (χ0n) is 11.0. The molecule has 0 saturated heterocycles. The van der Waals surface area contributed by atoms with Crippen molar-refractivity contribution in [2.45, 2.75) is 13.3 Å². The van der Waals surface area contributed by atoms with Crippen molar-refractivity contribution >= 4 is 28.3 Å². The quantitative estimate of drug-likeness (QED) is 0.812. The van der Waals surface area contributed by atoms with Gasteiger partial charge >= 0.3 is 0 Å². The smallest absolute Gasteiger partial charge is 0.160 e. The van der Waals surface area contributed by atoms with Crippen LogP contribution in [-0.2, 0) is 6.42 Å². The number of benzene rings is 1. The molecular weight excluding hydrogens is 266 g/mol. The van der Waals surface area contributed by atoms with Crippen molar-refractivity contribution in [2.24, 2.45) is 0 Å². The lowest BCUT2D eigenvalue weighted by Crippen LogP contribution is -2.21. The van der Waals surface area contributed by atoms with Gasteiger partial charge in [0.25, 0.3) is 0 Å². The van der Waals surface area contributed by atoms with Gasteiger partial charge in [-0.2, -0.15) is 0 Å². The molecule has 0 saturated carbocycles. The van der Waals surface area contributed by atoms with Crippen molar-refractivity contribution in [3.8, 4) is 11.5 Å². The van der Waals surface area contributed by atoms with Gasteiger partial charge in [-0.3, -0.25) is 0 Å². The maximum absolute atomic E-state index is 5.27. The van der Waals surface area contributed by atoms with E-state index in [-0.39, 0.29) is 0 Å². The van der Waals surface area contributed by atoms with Gasteiger partial charge < -0.3 is 14.8 Å². The standard InChI is InChI=1S/C13H19NO2S2/c1-4-18-13(17)14-8-7-10-5-6-11(15-2)12(9-10)16-3/h5-6,9H,4,7-8H2,1-3H3,(H,14,17). The fraction of sp³-hybridized carbons (Fsp3) is 0.462. The molecule has 0 amide bonds. The number of thioether (sulfide) groups is 1. The first-order valence-corrected chi connectivity index (χ1v) is 7.22. The highest BCUT2D eigenvalue weighted by molar-refractivity contribution is 8.22. The molecule has 5 heteroatoms. The monoisotopic (exact) mass is 285 g/mol. The molecule has 0 aliphatic heterocycles. The fourth-order valence-corrected chi connectivity index (χ4v) is 2.45. The van der Waals surface area contributed by atoms with E-state index in [0.29, 0.717) is 0 Å². The molecule has 3 nitrogen and oxygen atoms in total. The van der Waals surface area contributed by atoms with E-state index >= 15 is 0 Å². The Hall–Kier alpha value is -0.940. The molecular formula is C13H19NO2S2. The highest BCUT2D eigenvalue weighted by Crippen LogP contribution is 2.27. The van der Waals surface area contributed by atoms with Gasteiger partial charge in [0, 0.05) is 6.54 Å². The molecule has 0 heterocycles. The number of nitrogens with one attached hydrogen (secondary N) is 1. The van der Waals surface area contributed by atoms with Crippen molar-refractivity contribution < 1.29 is 9.47 Å². The Balaban J connectivity index is 2.50. The highest BCUT2D eigenvalue weighted by atomic mass is 32.2. The van der Waals surface area contributed by atoms with Crippen LogP contribution in [0, 0.1) is 0 Å². The Kier molecular flexibility index (Phi) is 6.90. The van der Waals surface area contributed by atoms with Crippen LogP contribution in [0.2, 0.25) is 0 Å². The molecule has 0 bridgehead atoms. The summed E-state index contributed by atoms with van der Waals surface area (Å²) in [5.74, 6) is 2.52. The third-order valence-corrected chi connectivity index (χ3v) is 3.60. The van der Waals surface area contributed by atoms with Gasteiger partial charge in [-0.15, -0.1) is 0 Å². The summed E-state index contributed by atoms with van der Waals surface area (Å²) in [4.78, 5) is 0. The van der Waals surface area contributed by atoms with Gasteiger partial charge in [-0.1, -0.05) is 37.0 Å². The van der Waals surface area contributed by atoms with E-state index in [0.717, 1.165) is 34.5 Å². The van der Waals surface area contributed by atoms with Crippen LogP contribution in [0.4, 0.5) is 0 Å². The second-order valence-corrected chi connectivity index (χ2v) is 5.53. The summed E-state index contributed by atoms with van der Waals surface area (Å²) in [6, 6.07) is 5.96. The van der Waals surface area contributed by atoms with Crippen LogP contribution in [0.1, 0.15) is 12.5 Å². The van der Waals surface area contributed by atoms with E-state index in [4.69, 9.17) is 21.7 Å². The Labute approximate surface area is 118 Å². The fourth-order valence-electron chi connectivity index (χ4n) is 1.53. The molecule has 1 aromatic rings. The zero-order valence-corrected chi connectivity index (χ0v) is 12.6. The molecule has 0 fully saturated rings. The highest BCUT2D eigenvalue weighted by Gasteiger charge is 2.04. The molecule has 0 spiro atoms. The molecule has 100 valence electrons. The summed E-state index contributed by atoms with van der Waals surface area (Å²) in [7, 11) is 3.28. The number of thiocarbonyl (C=S) groups is 1. The number of hydrogen-bond acceptors (Lipinski definition) is 4. The Morgan fingerprint density at radius 1 is 1.28 bits per heavy atom. The molecule has 18 heavy (non-hydrogen) atoms. The lowest BCUT2D eigenvalue weighted by molar-refractivity contribution is 0.354. The van der Waals surface area contributed by atoms with Gasteiger partial charge in [0.15, 0.2) is 11.5 Å². The summed E-state index contributed by atoms with van der Waals surface area (Å²) in [5, 5.41) is 3.22. The molecule has 1 aromatic carbocycles. The SMILES string of the molecule is CCSC(=S)NCCc1ccc(OC)c(OC)c1. The summed E-state index contributed by atoms with van der Waals surface area (Å²) < 4.78 is 11.3. The minimum absolute atomic E-state index is 0.756. The summed E-state index contributed by atoms with van der Waals surface area (Å²) in [6.45, 7) is 2.92. The van der Waals surface area contributed by atoms with Crippen LogP contribution >= 0.6 is 24.0 Å². The van der Waals surface area contributed by atoms with Gasteiger partial charge in [-0.25, -0.2) is 0 Å². The number of ether oxygens (including phenoxy) is 2. The minimum atomic E-state index is 0.756. The van der Waals surface area contributed by atoms with Crippen LogP contribution in [0.5, 0.6) is 11.5 Å². The van der Waals surface area contributed by atoms with Crippen molar-refractivity contribution in [3.63, 3.8) is 0 Å². The van der Waals surface area contributed by atoms with Gasteiger partial charge in [-0.05, 0) is 29.9 Å². The van der Waals surface area contributed by atoms with Crippen LogP contribution < -0.4 is 14.8 Å². The van der Waals surface area contributed by atoms with E-state index in [1.807, 2.05) is 18.2 Å². The molecule has 0 aliphatic rings. The van der Waals surface area contributed by atoms with E-state index in [9.17, 15) is 0 Å². The van der Waals surface area contributed by atoms with Crippen LogP contribution in [0.15, 0.2) is 18.2 Å². The lowest BCUT2D eigenvalue weighted by Gasteiger charge is -2.10. The molecule has 1 N–H and O–H groups in total. The van der Waals surface area contributed by atoms with Gasteiger partial charge in [0.1, 0.15) is 4.32 Å². The van der Waals surface area contributed by atoms with Gasteiger partial charge in [0.2, 0.25) is 0 Å². The van der Waals surface area contributed by atoms with Crippen LogP contribution in [0.3, 0.4) is 0 Å². The van der Waals surface area contributed by atoms with Crippen molar-refractivity contribution in [2.75, 3.05) is 26.5 Å². The maximum atomic E-state index is 5.27. The predicted octanol–water partition coefficient (Wildman–Crippen LogP) is 2.87. The van der Waals surface area contributed by atoms with E-state index in [1.165, 1.54) is 5.56 Å². The second-order valence-electron chi connectivity index (χ2n) is 3.59. The normalized spacial score (nSPS) is 9.94. The van der Waals surface area contributed by atoms with Crippen molar-refractivity contribution in [1.82, 2.24) is 5.32 Å². The van der Waals surface area contributed by atoms with E-state index < -0.39 is 0 Å². The summed E-state index contributed by atoms with van der Waals surface area (Å²) in [5.41, 5.74) is 1.20. The first kappa shape index (κ1) is 15.1. The average molecular weight is 285 g/mol. The summed E-state index contributed by atoms with van der Waals surface area (Å²) >= 11 is 6.82. The summed E-state index contributed by atoms with van der Waals surface area (Å²) in [6.07, 6.45) is 0.908. The Morgan fingerprint density at radius 3 is 2.61 bits per heavy atom. The molecule has 0 atom stereocenters. The third-order valence-electron chi connectivity index (χ3n) is 2.41. The largest absolute Gasteiger partial charge is 0.493 e. The van der Waals surface area contributed by atoms with Gasteiger partial charge in [0.05, 0.1) is 14.2 Å². The maximum Gasteiger partial charge on any atom is 0.160 e. The number of hydrogen-bond donors (Lipinski definition) is 1. The van der Waals surface area contributed by atoms with E-state index in [2.05, 4.69) is 12.2 Å². The zero-order chi connectivity index (χ0) is 13.4. The van der Waals surface area contributed by atoms with Crippen LogP contribution in [-0.4, -0.2) is 30.8 Å². The van der Waals surface area contributed by atoms with Crippen LogP contribution in [0.25, 0.3) is 0 Å². The molecule has 0 radical (unpaired) electrons. The second kappa shape index (κ2) is 8.21. The molecule has 0 aromatic heterocycles. The average Bonchev–Trinajstić information content (AvgIpc) is 2.38. The van der Waals surface area contributed by atoms with Crippen molar-refractivity contribution in [1.29, 1.82) is 0 Å². The molecule has 1 rings (SSSR count). The van der Waals surface area contributed by atoms with Crippen molar-refractivity contribution in [3.05, 3.63) is 23.8 Å². The Bertz CT molecular complexity index is 397. The van der Waals surface area contributed by atoms with E-state index in [1.54, 1.807) is 26.0 Å². The first-order chi connectivity index (χ1) is 8.71. The topological polar surface area (TPSA) is 30.5 Å².